The topological polar surface area (TPSA) is 55.5 Å². The second kappa shape index (κ2) is 4.18. The van der Waals surface area contributed by atoms with E-state index in [9.17, 15) is 10.1 Å². The molecule has 1 aromatic carbocycles. The predicted molar refractivity (Wildman–Crippen MR) is 58.7 cm³/mol. The molecule has 0 aliphatic heterocycles. The number of nitrogens with zero attached hydrogens (tertiary/aromatic N) is 3. The largest absolute Gasteiger partial charge is 0.270 e. The Balaban J connectivity index is 2.92. The molecule has 0 saturated heterocycles. The van der Waals surface area contributed by atoms with Gasteiger partial charge in [-0.15, -0.1) is 0 Å². The molecular formula is C10H14N3O2+. The van der Waals surface area contributed by atoms with E-state index < -0.39 is 4.92 Å². The number of rotatable bonds is 3. The Kier molecular flexibility index (Phi) is 3.16. The van der Waals surface area contributed by atoms with Gasteiger partial charge in [0.25, 0.3) is 5.69 Å². The highest BCUT2D eigenvalue weighted by Crippen LogP contribution is 2.11. The molecule has 80 valence electrons. The number of nitro groups is 1. The van der Waals surface area contributed by atoms with Crippen LogP contribution in [0.25, 0.3) is 0 Å². The Bertz CT molecular complexity index is 394. The van der Waals surface area contributed by atoms with E-state index in [1.165, 1.54) is 12.1 Å². The van der Waals surface area contributed by atoms with Crippen LogP contribution in [0.5, 0.6) is 0 Å². The summed E-state index contributed by atoms with van der Waals surface area (Å²) in [5.74, 6) is 0. The van der Waals surface area contributed by atoms with Gasteiger partial charge in [-0.25, -0.2) is 4.59 Å². The third-order valence-corrected chi connectivity index (χ3v) is 1.63. The van der Waals surface area contributed by atoms with Gasteiger partial charge in [0.1, 0.15) is 0 Å². The Morgan fingerprint density at radius 1 is 1.40 bits per heavy atom. The van der Waals surface area contributed by atoms with Crippen molar-refractivity contribution in [2.75, 3.05) is 21.1 Å². The van der Waals surface area contributed by atoms with Gasteiger partial charge in [-0.3, -0.25) is 10.1 Å². The summed E-state index contributed by atoms with van der Waals surface area (Å²) < 4.78 is 0.433. The highest BCUT2D eigenvalue weighted by molar-refractivity contribution is 5.80. The predicted octanol–water partition coefficient (Wildman–Crippen LogP) is 1.63. The molecule has 0 aliphatic carbocycles. The van der Waals surface area contributed by atoms with Crippen LogP contribution in [-0.2, 0) is 0 Å². The minimum absolute atomic E-state index is 0.0837. The molecule has 5 nitrogen and oxygen atoms in total. The number of benzene rings is 1. The minimum atomic E-state index is -0.413. The van der Waals surface area contributed by atoms with Crippen LogP contribution in [0.3, 0.4) is 0 Å². The highest BCUT2D eigenvalue weighted by Gasteiger charge is 2.06. The van der Waals surface area contributed by atoms with Gasteiger partial charge in [-0.2, -0.15) is 0 Å². The number of hydrogen-bond acceptors (Lipinski definition) is 3. The second-order valence-electron chi connectivity index (χ2n) is 4.04. The fraction of sp³-hybridized carbons (Fsp3) is 0.300. The molecule has 0 N–H and O–H groups in total. The van der Waals surface area contributed by atoms with E-state index in [1.54, 1.807) is 18.3 Å². The smallest absolute Gasteiger partial charge is 0.258 e. The molecule has 0 atom stereocenters. The lowest BCUT2D eigenvalue weighted by atomic mass is 10.2. The Morgan fingerprint density at radius 2 is 2.07 bits per heavy atom. The van der Waals surface area contributed by atoms with Crippen LogP contribution in [0.1, 0.15) is 5.56 Å². The van der Waals surface area contributed by atoms with Crippen molar-refractivity contribution in [1.82, 2.24) is 0 Å². The third-order valence-electron chi connectivity index (χ3n) is 1.63. The molecule has 0 bridgehead atoms. The van der Waals surface area contributed by atoms with E-state index in [2.05, 4.69) is 5.10 Å². The Morgan fingerprint density at radius 3 is 2.60 bits per heavy atom. The summed E-state index contributed by atoms with van der Waals surface area (Å²) in [6, 6.07) is 6.39. The summed E-state index contributed by atoms with van der Waals surface area (Å²) in [4.78, 5) is 10.1. The van der Waals surface area contributed by atoms with Gasteiger partial charge in [0.2, 0.25) is 0 Å². The van der Waals surface area contributed by atoms with Crippen molar-refractivity contribution in [1.29, 1.82) is 0 Å². The number of hydrogen-bond donors (Lipinski definition) is 0. The molecule has 15 heavy (non-hydrogen) atoms. The average Bonchev–Trinajstić information content (AvgIpc) is 2.14. The summed E-state index contributed by atoms with van der Waals surface area (Å²) in [7, 11) is 5.73. The van der Waals surface area contributed by atoms with Crippen LogP contribution >= 0.6 is 0 Å². The maximum absolute atomic E-state index is 10.5. The molecule has 0 fully saturated rings. The molecule has 0 aromatic heterocycles. The summed E-state index contributed by atoms with van der Waals surface area (Å²) in [6.45, 7) is 0. The summed E-state index contributed by atoms with van der Waals surface area (Å²) in [6.07, 6.45) is 1.63. The van der Waals surface area contributed by atoms with E-state index in [0.29, 0.717) is 4.59 Å². The maximum Gasteiger partial charge on any atom is 0.270 e. The van der Waals surface area contributed by atoms with Gasteiger partial charge in [0, 0.05) is 17.7 Å². The summed E-state index contributed by atoms with van der Waals surface area (Å²) in [5.41, 5.74) is 0.817. The van der Waals surface area contributed by atoms with Gasteiger partial charge < -0.3 is 0 Å². The standard InChI is InChI=1S/C10H14N3O2/c1-13(2,3)11-8-9-5-4-6-10(7-9)12(14)15/h4-8H,1-3H3/q+1/b11-8+. The van der Waals surface area contributed by atoms with Crippen LogP contribution in [0, 0.1) is 10.1 Å². The van der Waals surface area contributed by atoms with E-state index in [-0.39, 0.29) is 5.69 Å². The SMILES string of the molecule is C[N+](C)(C)/N=C/c1cccc([N+](=O)[O-])c1. The molecule has 1 rings (SSSR count). The van der Waals surface area contributed by atoms with E-state index in [0.717, 1.165) is 5.56 Å². The fourth-order valence-corrected chi connectivity index (χ4v) is 0.959. The van der Waals surface area contributed by atoms with E-state index in [1.807, 2.05) is 21.1 Å². The minimum Gasteiger partial charge on any atom is -0.258 e. The van der Waals surface area contributed by atoms with Crippen LogP contribution in [0.15, 0.2) is 29.4 Å². The molecule has 0 amide bonds. The zero-order valence-corrected chi connectivity index (χ0v) is 9.04. The molecule has 0 heterocycles. The van der Waals surface area contributed by atoms with Gasteiger partial charge in [0.15, 0.2) is 0 Å². The van der Waals surface area contributed by atoms with Gasteiger partial charge >= 0.3 is 0 Å². The van der Waals surface area contributed by atoms with Crippen LogP contribution in [0.4, 0.5) is 5.69 Å². The summed E-state index contributed by atoms with van der Waals surface area (Å²) >= 11 is 0. The quantitative estimate of drug-likeness (QED) is 0.328. The molecule has 0 aliphatic rings. The van der Waals surface area contributed by atoms with Gasteiger partial charge in [-0.1, -0.05) is 17.2 Å². The molecule has 0 unspecified atom stereocenters. The first-order valence-corrected chi connectivity index (χ1v) is 4.50. The van der Waals surface area contributed by atoms with E-state index >= 15 is 0 Å². The average molecular weight is 208 g/mol. The second-order valence-corrected chi connectivity index (χ2v) is 4.04. The van der Waals surface area contributed by atoms with Crippen molar-refractivity contribution in [3.05, 3.63) is 39.9 Å². The van der Waals surface area contributed by atoms with Gasteiger partial charge in [-0.05, 0) is 0 Å². The number of quaternary nitrogens is 1. The zero-order chi connectivity index (χ0) is 11.5. The molecular weight excluding hydrogens is 194 g/mol. The van der Waals surface area contributed by atoms with Gasteiger partial charge in [0.05, 0.1) is 32.3 Å². The molecule has 0 spiro atoms. The van der Waals surface area contributed by atoms with Crippen molar-refractivity contribution in [3.8, 4) is 0 Å². The Hall–Kier alpha value is -1.75. The third kappa shape index (κ3) is 3.86. The first-order chi connectivity index (χ1) is 6.88. The fourth-order valence-electron chi connectivity index (χ4n) is 0.959. The van der Waals surface area contributed by atoms with Crippen molar-refractivity contribution in [2.45, 2.75) is 0 Å². The Labute approximate surface area is 88.4 Å². The molecule has 1 aromatic rings. The molecule has 0 radical (unpaired) electrons. The highest BCUT2D eigenvalue weighted by atomic mass is 16.6. The first kappa shape index (κ1) is 11.3. The lowest BCUT2D eigenvalue weighted by molar-refractivity contribution is -0.876. The summed E-state index contributed by atoms with van der Waals surface area (Å²) in [5, 5.41) is 14.7. The lowest BCUT2D eigenvalue weighted by Gasteiger charge is -2.14. The van der Waals surface area contributed by atoms with Crippen molar-refractivity contribution < 1.29 is 9.52 Å². The lowest BCUT2D eigenvalue weighted by Crippen LogP contribution is -2.27. The van der Waals surface area contributed by atoms with Crippen LogP contribution in [-0.4, -0.2) is 36.9 Å². The zero-order valence-electron chi connectivity index (χ0n) is 9.04. The number of non-ortho nitro benzene ring substituents is 1. The van der Waals surface area contributed by atoms with Crippen molar-refractivity contribution in [3.63, 3.8) is 0 Å². The van der Waals surface area contributed by atoms with Crippen molar-refractivity contribution in [2.24, 2.45) is 5.10 Å². The molecule has 0 saturated carbocycles. The molecule has 5 heteroatoms. The monoisotopic (exact) mass is 208 g/mol. The maximum atomic E-state index is 10.5. The first-order valence-electron chi connectivity index (χ1n) is 4.50. The van der Waals surface area contributed by atoms with Crippen LogP contribution in [0.2, 0.25) is 0 Å². The van der Waals surface area contributed by atoms with Crippen molar-refractivity contribution >= 4 is 11.9 Å². The van der Waals surface area contributed by atoms with Crippen LogP contribution < -0.4 is 0 Å². The number of nitro benzene ring substituents is 1. The normalized spacial score (nSPS) is 11.9. The van der Waals surface area contributed by atoms with E-state index in [4.69, 9.17) is 0 Å².